The third kappa shape index (κ3) is 2.83. The maximum Gasteiger partial charge on any atom is 0.398 e. The Hall–Kier alpha value is -1.34. The maximum atomic E-state index is 11.5. The second-order valence-electron chi connectivity index (χ2n) is 3.57. The molecule has 1 aromatic carbocycles. The predicted octanol–water partition coefficient (Wildman–Crippen LogP) is 0.215. The highest BCUT2D eigenvalue weighted by Gasteiger charge is 2.34. The predicted molar refractivity (Wildman–Crippen MR) is 63.1 cm³/mol. The van der Waals surface area contributed by atoms with Gasteiger partial charge in [-0.3, -0.25) is 4.79 Å². The minimum absolute atomic E-state index is 0.484. The molecule has 0 aliphatic carbocycles. The molecule has 1 heterocycles. The second kappa shape index (κ2) is 4.27. The van der Waals surface area contributed by atoms with Gasteiger partial charge in [0.2, 0.25) is 0 Å². The highest BCUT2D eigenvalue weighted by molar-refractivity contribution is 8.16. The molecule has 0 aromatic heterocycles. The van der Waals surface area contributed by atoms with Crippen molar-refractivity contribution in [1.82, 2.24) is 4.31 Å². The Labute approximate surface area is 94.6 Å². The molecular formula is C9H11BN2O3S. The van der Waals surface area contributed by atoms with Crippen LogP contribution < -0.4 is 5.32 Å². The van der Waals surface area contributed by atoms with E-state index >= 15 is 0 Å². The van der Waals surface area contributed by atoms with E-state index in [9.17, 15) is 13.2 Å². The quantitative estimate of drug-likeness (QED) is 0.602. The van der Waals surface area contributed by atoms with Crippen LogP contribution in [-0.2, 0) is 9.87 Å². The first-order chi connectivity index (χ1) is 7.58. The van der Waals surface area contributed by atoms with E-state index in [1.165, 1.54) is 4.31 Å². The molecule has 1 amide bonds. The fourth-order valence-corrected chi connectivity index (χ4v) is 2.52. The van der Waals surface area contributed by atoms with E-state index in [2.05, 4.69) is 5.32 Å². The average molecular weight is 238 g/mol. The van der Waals surface area contributed by atoms with E-state index in [1.54, 1.807) is 24.3 Å². The maximum absolute atomic E-state index is 11.5. The zero-order chi connectivity index (χ0) is 11.6. The number of amides is 1. The van der Waals surface area contributed by atoms with Crippen molar-refractivity contribution >= 4 is 27.9 Å². The van der Waals surface area contributed by atoms with Gasteiger partial charge in [-0.05, 0) is 12.1 Å². The molecule has 0 unspecified atom stereocenters. The summed E-state index contributed by atoms with van der Waals surface area (Å²) in [7, 11) is -3.39. The van der Waals surface area contributed by atoms with Crippen molar-refractivity contribution in [3.63, 3.8) is 0 Å². The number of hydrogen-bond donors (Lipinski definition) is 1. The van der Waals surface area contributed by atoms with E-state index in [0.29, 0.717) is 18.8 Å². The molecule has 0 saturated carbocycles. The van der Waals surface area contributed by atoms with Crippen molar-refractivity contribution < 1.29 is 13.2 Å². The van der Waals surface area contributed by atoms with Gasteiger partial charge in [0, 0.05) is 18.8 Å². The molecule has 1 aliphatic rings. The molecule has 5 nitrogen and oxygen atoms in total. The van der Waals surface area contributed by atoms with Crippen LogP contribution in [0.2, 0.25) is 0 Å². The molecule has 1 fully saturated rings. The summed E-state index contributed by atoms with van der Waals surface area (Å²) in [5.74, 6) is -0.502. The first-order valence-corrected chi connectivity index (χ1v) is 6.51. The van der Waals surface area contributed by atoms with Crippen LogP contribution in [-0.4, -0.2) is 38.2 Å². The topological polar surface area (TPSA) is 66.2 Å². The summed E-state index contributed by atoms with van der Waals surface area (Å²) in [5, 5.41) is 2.54. The summed E-state index contributed by atoms with van der Waals surface area (Å²) >= 11 is 0. The van der Waals surface area contributed by atoms with Crippen molar-refractivity contribution in [2.24, 2.45) is 0 Å². The summed E-state index contributed by atoms with van der Waals surface area (Å²) in [6.45, 7) is 0.573. The van der Waals surface area contributed by atoms with Gasteiger partial charge in [0.15, 0.2) is 15.7 Å². The molecule has 1 saturated heterocycles. The fraction of sp³-hybridized carbons (Fsp3) is 0.222. The number of benzene rings is 1. The first kappa shape index (κ1) is 11.2. The third-order valence-corrected chi connectivity index (χ3v) is 3.95. The number of rotatable bonds is 4. The number of carbonyl (C=O) groups excluding carboxylic acids is 1. The molecule has 1 aliphatic heterocycles. The smallest absolute Gasteiger partial charge is 0.334 e. The average Bonchev–Trinajstić information content (AvgIpc) is 3.01. The van der Waals surface area contributed by atoms with Gasteiger partial charge >= 0.3 is 6.56 Å². The Kier molecular flexibility index (Phi) is 2.98. The van der Waals surface area contributed by atoms with E-state index in [0.717, 1.165) is 0 Å². The summed E-state index contributed by atoms with van der Waals surface area (Å²) in [4.78, 5) is 11.4. The molecule has 84 valence electrons. The highest BCUT2D eigenvalue weighted by atomic mass is 32.2. The van der Waals surface area contributed by atoms with E-state index in [1.807, 2.05) is 6.07 Å². The third-order valence-electron chi connectivity index (χ3n) is 2.17. The Balaban J connectivity index is 1.94. The minimum atomic E-state index is -3.39. The largest absolute Gasteiger partial charge is 0.398 e. The lowest BCUT2D eigenvalue weighted by atomic mass is 10.1. The van der Waals surface area contributed by atoms with Gasteiger partial charge in [-0.2, -0.15) is 0 Å². The molecule has 7 heteroatoms. The van der Waals surface area contributed by atoms with Crippen LogP contribution in [0.25, 0.3) is 0 Å². The second-order valence-corrected chi connectivity index (χ2v) is 5.54. The van der Waals surface area contributed by atoms with Gasteiger partial charge in [0.25, 0.3) is 0 Å². The van der Waals surface area contributed by atoms with Crippen molar-refractivity contribution in [2.75, 3.05) is 18.4 Å². The van der Waals surface area contributed by atoms with Crippen molar-refractivity contribution in [3.05, 3.63) is 30.3 Å². The lowest BCUT2D eigenvalue weighted by Gasteiger charge is -2.04. The number of hydrogen-bond acceptors (Lipinski definition) is 3. The number of nitrogens with one attached hydrogen (secondary N) is 1. The Morgan fingerprint density at radius 2 is 1.88 bits per heavy atom. The SMILES string of the molecule is O=C(BS(=O)(=O)N1CC1)Nc1ccccc1. The fourth-order valence-electron chi connectivity index (χ4n) is 1.29. The van der Waals surface area contributed by atoms with Crippen molar-refractivity contribution in [3.8, 4) is 0 Å². The van der Waals surface area contributed by atoms with Crippen LogP contribution >= 0.6 is 0 Å². The lowest BCUT2D eigenvalue weighted by Crippen LogP contribution is -2.29. The van der Waals surface area contributed by atoms with Crippen LogP contribution in [0.5, 0.6) is 0 Å². The van der Waals surface area contributed by atoms with Crippen LogP contribution in [0.3, 0.4) is 0 Å². The van der Waals surface area contributed by atoms with Crippen LogP contribution in [0, 0.1) is 0 Å². The number of nitrogens with zero attached hydrogens (tertiary/aromatic N) is 1. The van der Waals surface area contributed by atoms with Gasteiger partial charge in [0.05, 0.1) is 0 Å². The van der Waals surface area contributed by atoms with Crippen LogP contribution in [0.15, 0.2) is 30.3 Å². The molecule has 1 aromatic rings. The summed E-state index contributed by atoms with van der Waals surface area (Å²) < 4.78 is 24.2. The first-order valence-electron chi connectivity index (χ1n) is 4.91. The van der Waals surface area contributed by atoms with E-state index in [-0.39, 0.29) is 0 Å². The number of anilines is 1. The molecule has 2 rings (SSSR count). The monoisotopic (exact) mass is 238 g/mol. The molecule has 0 bridgehead atoms. The number of carbonyl (C=O) groups is 1. The van der Waals surface area contributed by atoms with Crippen LogP contribution in [0.1, 0.15) is 0 Å². The molecule has 0 spiro atoms. The normalized spacial score (nSPS) is 15.5. The molecule has 16 heavy (non-hydrogen) atoms. The Morgan fingerprint density at radius 3 is 2.44 bits per heavy atom. The molecule has 1 N–H and O–H groups in total. The molecular weight excluding hydrogens is 227 g/mol. The standard InChI is InChI=1S/C9H11BN2O3S/c13-9(10-16(14,15)12-6-7-12)11-8-4-2-1-3-5-8/h1-5,10H,6-7H2,(H,11,13). The Morgan fingerprint density at radius 1 is 1.25 bits per heavy atom. The van der Waals surface area contributed by atoms with E-state index < -0.39 is 22.2 Å². The van der Waals surface area contributed by atoms with Gasteiger partial charge in [-0.1, -0.05) is 18.2 Å². The van der Waals surface area contributed by atoms with Gasteiger partial charge < -0.3 is 5.32 Å². The molecule has 0 atom stereocenters. The van der Waals surface area contributed by atoms with Gasteiger partial charge in [0.1, 0.15) is 0 Å². The number of para-hydroxylation sites is 1. The summed E-state index contributed by atoms with van der Waals surface area (Å²) in [6, 6.07) is 8.79. The zero-order valence-electron chi connectivity index (χ0n) is 8.59. The van der Waals surface area contributed by atoms with Crippen molar-refractivity contribution in [2.45, 2.75) is 0 Å². The van der Waals surface area contributed by atoms with Gasteiger partial charge in [-0.25, -0.2) is 12.7 Å². The molecule has 0 radical (unpaired) electrons. The zero-order valence-corrected chi connectivity index (χ0v) is 9.40. The summed E-state index contributed by atoms with van der Waals surface area (Å²) in [5.41, 5.74) is 0.605. The lowest BCUT2D eigenvalue weighted by molar-refractivity contribution is 0.268. The van der Waals surface area contributed by atoms with Gasteiger partial charge in [-0.15, -0.1) is 0 Å². The van der Waals surface area contributed by atoms with E-state index in [4.69, 9.17) is 0 Å². The highest BCUT2D eigenvalue weighted by Crippen LogP contribution is 2.12. The van der Waals surface area contributed by atoms with Crippen molar-refractivity contribution in [1.29, 1.82) is 0 Å². The van der Waals surface area contributed by atoms with Crippen LogP contribution in [0.4, 0.5) is 10.5 Å². The summed E-state index contributed by atoms with van der Waals surface area (Å²) in [6.07, 6.45) is 0. The minimum Gasteiger partial charge on any atom is -0.334 e. The Bertz CT molecular complexity index is 485.